The van der Waals surface area contributed by atoms with E-state index in [0.29, 0.717) is 10.6 Å². The van der Waals surface area contributed by atoms with Crippen molar-refractivity contribution in [2.24, 2.45) is 23.7 Å². The van der Waals surface area contributed by atoms with Crippen molar-refractivity contribution in [1.29, 1.82) is 0 Å². The minimum atomic E-state index is -0.897. The number of halogens is 1. The SMILES string of the molecule is C[C@H](OC(=O)[C@@H]1[C@@H]2C[C@@H]3[C@@H]1C(=O)O[C@H]3C2)C(=O)c1ccc(Cl)cc1. The Kier molecular flexibility index (Phi) is 3.64. The number of hydrogen-bond donors (Lipinski definition) is 0. The van der Waals surface area contributed by atoms with Crippen LogP contribution in [0.2, 0.25) is 5.02 Å². The molecule has 3 aliphatic rings. The Hall–Kier alpha value is -1.88. The molecule has 1 heterocycles. The molecule has 126 valence electrons. The molecule has 24 heavy (non-hydrogen) atoms. The smallest absolute Gasteiger partial charge is 0.310 e. The lowest BCUT2D eigenvalue weighted by molar-refractivity contribution is -0.157. The van der Waals surface area contributed by atoms with E-state index in [4.69, 9.17) is 21.1 Å². The van der Waals surface area contributed by atoms with Crippen LogP contribution in [0.25, 0.3) is 0 Å². The fraction of sp³-hybridized carbons (Fsp3) is 0.500. The first-order valence-corrected chi connectivity index (χ1v) is 8.54. The molecule has 0 spiro atoms. The molecular formula is C18H17ClO5. The molecule has 6 heteroatoms. The van der Waals surface area contributed by atoms with Gasteiger partial charge in [-0.15, -0.1) is 0 Å². The average Bonchev–Trinajstić information content (AvgIpc) is 3.16. The van der Waals surface area contributed by atoms with Gasteiger partial charge in [0.05, 0.1) is 11.8 Å². The number of hydrogen-bond acceptors (Lipinski definition) is 5. The van der Waals surface area contributed by atoms with E-state index < -0.39 is 18.0 Å². The number of benzene rings is 1. The topological polar surface area (TPSA) is 69.7 Å². The number of ether oxygens (including phenoxy) is 2. The van der Waals surface area contributed by atoms with Gasteiger partial charge in [-0.25, -0.2) is 0 Å². The van der Waals surface area contributed by atoms with E-state index in [2.05, 4.69) is 0 Å². The van der Waals surface area contributed by atoms with E-state index in [1.807, 2.05) is 0 Å². The summed E-state index contributed by atoms with van der Waals surface area (Å²) in [6.45, 7) is 1.55. The Bertz CT molecular complexity index is 711. The van der Waals surface area contributed by atoms with Crippen molar-refractivity contribution in [1.82, 2.24) is 0 Å². The maximum Gasteiger partial charge on any atom is 0.310 e. The molecule has 3 fully saturated rings. The van der Waals surface area contributed by atoms with Crippen LogP contribution in [0.5, 0.6) is 0 Å². The highest BCUT2D eigenvalue weighted by Gasteiger charge is 2.64. The fourth-order valence-corrected chi connectivity index (χ4v) is 4.61. The molecule has 2 aliphatic carbocycles. The second-order valence-corrected chi connectivity index (χ2v) is 7.31. The molecule has 2 saturated carbocycles. The summed E-state index contributed by atoms with van der Waals surface area (Å²) in [5, 5.41) is 0.535. The summed E-state index contributed by atoms with van der Waals surface area (Å²) in [6, 6.07) is 6.44. The molecule has 1 aromatic rings. The summed E-state index contributed by atoms with van der Waals surface area (Å²) in [6.07, 6.45) is 0.641. The largest absolute Gasteiger partial charge is 0.462 e. The Morgan fingerprint density at radius 2 is 1.96 bits per heavy atom. The van der Waals surface area contributed by atoms with Crippen molar-refractivity contribution in [3.05, 3.63) is 34.9 Å². The highest BCUT2D eigenvalue weighted by atomic mass is 35.5. The van der Waals surface area contributed by atoms with Gasteiger partial charge in [-0.1, -0.05) is 11.6 Å². The number of ketones is 1. The fourth-order valence-electron chi connectivity index (χ4n) is 4.48. The van der Waals surface area contributed by atoms with Crippen molar-refractivity contribution in [3.63, 3.8) is 0 Å². The molecule has 1 saturated heterocycles. The van der Waals surface area contributed by atoms with E-state index in [9.17, 15) is 14.4 Å². The van der Waals surface area contributed by atoms with Gasteiger partial charge >= 0.3 is 11.9 Å². The lowest BCUT2D eigenvalue weighted by Gasteiger charge is -2.24. The predicted molar refractivity (Wildman–Crippen MR) is 84.4 cm³/mol. The van der Waals surface area contributed by atoms with E-state index in [1.54, 1.807) is 31.2 Å². The normalized spacial score (nSPS) is 34.1. The molecule has 4 rings (SSSR count). The molecule has 0 radical (unpaired) electrons. The summed E-state index contributed by atoms with van der Waals surface area (Å²) in [5.74, 6) is -1.62. The maximum atomic E-state index is 12.6. The Morgan fingerprint density at radius 1 is 1.25 bits per heavy atom. The number of esters is 2. The lowest BCUT2D eigenvalue weighted by atomic mass is 9.80. The third-order valence-electron chi connectivity index (χ3n) is 5.55. The highest BCUT2D eigenvalue weighted by Crippen LogP contribution is 2.58. The molecule has 0 N–H and O–H groups in total. The monoisotopic (exact) mass is 348 g/mol. The van der Waals surface area contributed by atoms with Gasteiger partial charge in [-0.2, -0.15) is 0 Å². The van der Waals surface area contributed by atoms with Crippen molar-refractivity contribution >= 4 is 29.3 Å². The molecule has 0 unspecified atom stereocenters. The highest BCUT2D eigenvalue weighted by molar-refractivity contribution is 6.30. The first-order valence-electron chi connectivity index (χ1n) is 8.16. The van der Waals surface area contributed by atoms with Crippen LogP contribution in [0.1, 0.15) is 30.1 Å². The van der Waals surface area contributed by atoms with Gasteiger partial charge in [-0.05, 0) is 49.9 Å². The minimum absolute atomic E-state index is 0.0235. The van der Waals surface area contributed by atoms with E-state index >= 15 is 0 Å². The third-order valence-corrected chi connectivity index (χ3v) is 5.80. The van der Waals surface area contributed by atoms with Crippen LogP contribution in [0.4, 0.5) is 0 Å². The number of carbonyl (C=O) groups is 3. The molecule has 1 aliphatic heterocycles. The van der Waals surface area contributed by atoms with Gasteiger partial charge in [0.1, 0.15) is 6.10 Å². The summed E-state index contributed by atoms with van der Waals surface area (Å²) < 4.78 is 10.7. The zero-order valence-electron chi connectivity index (χ0n) is 13.1. The number of Topliss-reactive ketones (excluding diaryl/α,β-unsaturated/α-hetero) is 1. The summed E-state index contributed by atoms with van der Waals surface area (Å²) >= 11 is 5.81. The summed E-state index contributed by atoms with van der Waals surface area (Å²) in [5.41, 5.74) is 0.438. The van der Waals surface area contributed by atoms with E-state index in [-0.39, 0.29) is 35.6 Å². The maximum absolute atomic E-state index is 12.6. The molecule has 5 nitrogen and oxygen atoms in total. The van der Waals surface area contributed by atoms with Crippen LogP contribution >= 0.6 is 11.6 Å². The minimum Gasteiger partial charge on any atom is -0.462 e. The van der Waals surface area contributed by atoms with Crippen LogP contribution < -0.4 is 0 Å². The third kappa shape index (κ3) is 2.34. The number of rotatable bonds is 4. The molecular weight excluding hydrogens is 332 g/mol. The average molecular weight is 349 g/mol. The molecule has 0 aromatic heterocycles. The van der Waals surface area contributed by atoms with Gasteiger partial charge in [0.25, 0.3) is 0 Å². The predicted octanol–water partition coefficient (Wildman–Crippen LogP) is 2.65. The van der Waals surface area contributed by atoms with Gasteiger partial charge in [0.15, 0.2) is 6.10 Å². The molecule has 2 bridgehead atoms. The van der Waals surface area contributed by atoms with Crippen LogP contribution in [0, 0.1) is 23.7 Å². The molecule has 6 atom stereocenters. The standard InChI is InChI=1S/C18H17ClO5/c1-8(16(20)9-2-4-11(19)5-3-9)23-17(21)14-10-6-12-13(7-10)24-18(22)15(12)14/h2-5,8,10,12-15H,6-7H2,1H3/t8-,10+,12-,13-,14+,15-/m0/s1. The zero-order chi connectivity index (χ0) is 17.0. The van der Waals surface area contributed by atoms with Crippen LogP contribution in [-0.4, -0.2) is 29.9 Å². The van der Waals surface area contributed by atoms with Gasteiger partial charge < -0.3 is 9.47 Å². The lowest BCUT2D eigenvalue weighted by Crippen LogP contribution is -2.36. The quantitative estimate of drug-likeness (QED) is 0.618. The van der Waals surface area contributed by atoms with Crippen molar-refractivity contribution in [2.75, 3.05) is 0 Å². The van der Waals surface area contributed by atoms with E-state index in [1.165, 1.54) is 0 Å². The Balaban J connectivity index is 1.45. The molecule has 0 amide bonds. The van der Waals surface area contributed by atoms with Gasteiger partial charge in [-0.3, -0.25) is 14.4 Å². The Morgan fingerprint density at radius 3 is 2.67 bits per heavy atom. The van der Waals surface area contributed by atoms with Crippen molar-refractivity contribution in [3.8, 4) is 0 Å². The van der Waals surface area contributed by atoms with Crippen molar-refractivity contribution < 1.29 is 23.9 Å². The number of fused-ring (bicyclic) bond motifs is 1. The first-order chi connectivity index (χ1) is 11.5. The van der Waals surface area contributed by atoms with E-state index in [0.717, 1.165) is 12.8 Å². The summed E-state index contributed by atoms with van der Waals surface area (Å²) in [7, 11) is 0. The van der Waals surface area contributed by atoms with Crippen LogP contribution in [-0.2, 0) is 19.1 Å². The second-order valence-electron chi connectivity index (χ2n) is 6.87. The van der Waals surface area contributed by atoms with Crippen molar-refractivity contribution in [2.45, 2.75) is 32.0 Å². The summed E-state index contributed by atoms with van der Waals surface area (Å²) in [4.78, 5) is 36.9. The van der Waals surface area contributed by atoms with Gasteiger partial charge in [0.2, 0.25) is 5.78 Å². The van der Waals surface area contributed by atoms with Gasteiger partial charge in [0, 0.05) is 16.5 Å². The van der Waals surface area contributed by atoms with Crippen LogP contribution in [0.15, 0.2) is 24.3 Å². The number of carbonyl (C=O) groups excluding carboxylic acids is 3. The second kappa shape index (κ2) is 5.59. The van der Waals surface area contributed by atoms with Crippen LogP contribution in [0.3, 0.4) is 0 Å². The first kappa shape index (κ1) is 15.6. The zero-order valence-corrected chi connectivity index (χ0v) is 13.9. The molecule has 1 aromatic carbocycles. The Labute approximate surface area is 144 Å².